The largest absolute Gasteiger partial charge is 0.397 e. The summed E-state index contributed by atoms with van der Waals surface area (Å²) < 4.78 is 0. The highest BCUT2D eigenvalue weighted by Crippen LogP contribution is 2.65. The van der Waals surface area contributed by atoms with Crippen LogP contribution in [-0.4, -0.2) is 17.9 Å². The molecule has 3 fully saturated rings. The van der Waals surface area contributed by atoms with E-state index in [-0.39, 0.29) is 34.6 Å². The van der Waals surface area contributed by atoms with E-state index < -0.39 is 0 Å². The van der Waals surface area contributed by atoms with E-state index in [4.69, 9.17) is 5.73 Å². The minimum Gasteiger partial charge on any atom is -0.397 e. The minimum atomic E-state index is 0.0372. The Hall–Kier alpha value is -2.30. The van der Waals surface area contributed by atoms with E-state index in [1.54, 1.807) is 6.08 Å². The van der Waals surface area contributed by atoms with Crippen LogP contribution in [0.1, 0.15) is 52.4 Å². The van der Waals surface area contributed by atoms with E-state index in [2.05, 4.69) is 30.6 Å². The number of para-hydroxylation sites is 2. The summed E-state index contributed by atoms with van der Waals surface area (Å²) in [6.45, 7) is 4.69. The molecule has 3 saturated carbocycles. The van der Waals surface area contributed by atoms with Crippen molar-refractivity contribution < 1.29 is 9.59 Å². The molecular formula is C25H33N3O2. The monoisotopic (exact) mass is 407 g/mol. The maximum absolute atomic E-state index is 13.3. The number of nitrogens with one attached hydrogen (secondary N) is 2. The number of benzene rings is 1. The van der Waals surface area contributed by atoms with Gasteiger partial charge < -0.3 is 16.4 Å². The summed E-state index contributed by atoms with van der Waals surface area (Å²) in [7, 11) is 0. The van der Waals surface area contributed by atoms with Crippen LogP contribution in [0.3, 0.4) is 0 Å². The number of fused-ring (bicyclic) bond motifs is 5. The molecule has 5 nitrogen and oxygen atoms in total. The van der Waals surface area contributed by atoms with Gasteiger partial charge in [-0.15, -0.1) is 0 Å². The van der Waals surface area contributed by atoms with Gasteiger partial charge in [0.1, 0.15) is 0 Å². The zero-order chi connectivity index (χ0) is 21.1. The van der Waals surface area contributed by atoms with Gasteiger partial charge in [-0.1, -0.05) is 32.1 Å². The van der Waals surface area contributed by atoms with Crippen LogP contribution < -0.4 is 16.4 Å². The Morgan fingerprint density at radius 2 is 1.90 bits per heavy atom. The van der Waals surface area contributed by atoms with E-state index in [1.807, 2.05) is 24.3 Å². The van der Waals surface area contributed by atoms with Crippen LogP contribution in [0.4, 0.5) is 11.4 Å². The summed E-state index contributed by atoms with van der Waals surface area (Å²) >= 11 is 0. The molecule has 5 heteroatoms. The molecule has 0 spiro atoms. The van der Waals surface area contributed by atoms with Crippen LogP contribution in [0.25, 0.3) is 0 Å². The molecule has 0 aromatic heterocycles. The molecule has 7 atom stereocenters. The first-order valence-electron chi connectivity index (χ1n) is 11.5. The van der Waals surface area contributed by atoms with Crippen molar-refractivity contribution in [2.24, 2.45) is 34.5 Å². The molecule has 1 aliphatic heterocycles. The fourth-order valence-corrected chi connectivity index (χ4v) is 7.59. The summed E-state index contributed by atoms with van der Waals surface area (Å²) in [5.41, 5.74) is 7.47. The number of rotatable bonds is 2. The van der Waals surface area contributed by atoms with Crippen LogP contribution in [0.2, 0.25) is 0 Å². The summed E-state index contributed by atoms with van der Waals surface area (Å²) in [6.07, 6.45) is 10.4. The van der Waals surface area contributed by atoms with Crippen LogP contribution in [0, 0.1) is 34.5 Å². The number of nitrogens with two attached hydrogens (primary N) is 1. The van der Waals surface area contributed by atoms with Gasteiger partial charge in [0.05, 0.1) is 11.4 Å². The molecule has 4 aliphatic rings. The van der Waals surface area contributed by atoms with Crippen molar-refractivity contribution in [3.8, 4) is 0 Å². The molecule has 0 saturated heterocycles. The van der Waals surface area contributed by atoms with Crippen molar-refractivity contribution in [2.75, 3.05) is 11.1 Å². The highest BCUT2D eigenvalue weighted by molar-refractivity contribution is 5.96. The molecular weight excluding hydrogens is 374 g/mol. The van der Waals surface area contributed by atoms with Crippen LogP contribution in [0.5, 0.6) is 0 Å². The average Bonchev–Trinajstić information content (AvgIpc) is 3.07. The molecule has 1 aromatic rings. The van der Waals surface area contributed by atoms with Gasteiger partial charge >= 0.3 is 0 Å². The quantitative estimate of drug-likeness (QED) is 0.645. The zero-order valence-electron chi connectivity index (χ0n) is 18.0. The predicted molar refractivity (Wildman–Crippen MR) is 118 cm³/mol. The fourth-order valence-electron chi connectivity index (χ4n) is 7.59. The second-order valence-electron chi connectivity index (χ2n) is 10.5. The lowest BCUT2D eigenvalue weighted by Gasteiger charge is -2.58. The Labute approximate surface area is 178 Å². The molecule has 4 N–H and O–H groups in total. The van der Waals surface area contributed by atoms with Crippen molar-refractivity contribution in [3.05, 3.63) is 36.4 Å². The topological polar surface area (TPSA) is 84.2 Å². The number of nitrogen functional groups attached to an aromatic ring is 1. The lowest BCUT2D eigenvalue weighted by atomic mass is 9.48. The van der Waals surface area contributed by atoms with E-state index in [9.17, 15) is 9.59 Å². The van der Waals surface area contributed by atoms with Crippen molar-refractivity contribution in [2.45, 2.75) is 58.4 Å². The molecule has 3 aliphatic carbocycles. The molecule has 0 bridgehead atoms. The lowest BCUT2D eigenvalue weighted by molar-refractivity contribution is -0.129. The van der Waals surface area contributed by atoms with Gasteiger partial charge in [-0.05, 0) is 79.9 Å². The third kappa shape index (κ3) is 2.81. The molecule has 2 amide bonds. The number of carbonyl (C=O) groups is 2. The number of hydrogen-bond acceptors (Lipinski definition) is 3. The number of anilines is 2. The molecule has 5 rings (SSSR count). The molecule has 0 radical (unpaired) electrons. The third-order valence-electron chi connectivity index (χ3n) is 9.22. The molecule has 1 heterocycles. The van der Waals surface area contributed by atoms with Crippen molar-refractivity contribution >= 4 is 23.2 Å². The molecule has 1 aromatic carbocycles. The zero-order valence-corrected chi connectivity index (χ0v) is 18.0. The Morgan fingerprint density at radius 3 is 2.70 bits per heavy atom. The van der Waals surface area contributed by atoms with E-state index in [0.29, 0.717) is 23.4 Å². The first kappa shape index (κ1) is 19.7. The Balaban J connectivity index is 1.38. The van der Waals surface area contributed by atoms with Crippen molar-refractivity contribution in [1.82, 2.24) is 5.32 Å². The molecule has 30 heavy (non-hydrogen) atoms. The van der Waals surface area contributed by atoms with E-state index in [0.717, 1.165) is 44.2 Å². The number of carbonyl (C=O) groups excluding carboxylic acids is 2. The predicted octanol–water partition coefficient (Wildman–Crippen LogP) is 4.12. The number of hydrogen-bond donors (Lipinski definition) is 3. The number of amides is 2. The molecule has 0 unspecified atom stereocenters. The van der Waals surface area contributed by atoms with Gasteiger partial charge in [0.2, 0.25) is 11.8 Å². The van der Waals surface area contributed by atoms with Crippen LogP contribution >= 0.6 is 0 Å². The van der Waals surface area contributed by atoms with Crippen molar-refractivity contribution in [3.63, 3.8) is 0 Å². The van der Waals surface area contributed by atoms with Crippen LogP contribution in [0.15, 0.2) is 36.4 Å². The van der Waals surface area contributed by atoms with Gasteiger partial charge in [0.25, 0.3) is 0 Å². The Morgan fingerprint density at radius 1 is 1.10 bits per heavy atom. The van der Waals surface area contributed by atoms with E-state index >= 15 is 0 Å². The first-order valence-corrected chi connectivity index (χ1v) is 11.5. The average molecular weight is 408 g/mol. The van der Waals surface area contributed by atoms with Gasteiger partial charge in [-0.2, -0.15) is 0 Å². The fraction of sp³-hybridized carbons (Fsp3) is 0.600. The van der Waals surface area contributed by atoms with Gasteiger partial charge in [-0.3, -0.25) is 9.59 Å². The van der Waals surface area contributed by atoms with E-state index in [1.165, 1.54) is 0 Å². The maximum Gasteiger partial charge on any atom is 0.243 e. The second kappa shape index (κ2) is 6.86. The second-order valence-corrected chi connectivity index (χ2v) is 10.5. The lowest BCUT2D eigenvalue weighted by Crippen LogP contribution is -2.59. The maximum atomic E-state index is 13.3. The first-order chi connectivity index (χ1) is 14.3. The van der Waals surface area contributed by atoms with Crippen LogP contribution in [-0.2, 0) is 9.59 Å². The highest BCUT2D eigenvalue weighted by atomic mass is 16.2. The summed E-state index contributed by atoms with van der Waals surface area (Å²) in [5, 5.41) is 6.34. The third-order valence-corrected chi connectivity index (χ3v) is 9.22. The highest BCUT2D eigenvalue weighted by Gasteiger charge is 2.60. The smallest absolute Gasteiger partial charge is 0.243 e. The SMILES string of the molecule is C[C@]12C=CC(=O)N[C@@H]1CC[C@@H]1[C@@H]2CC[C@]2(C)[C@@H](C(=O)Nc3ccccc3N)CC[C@@H]12. The summed E-state index contributed by atoms with van der Waals surface area (Å²) in [5.74, 6) is 2.00. The van der Waals surface area contributed by atoms with Gasteiger partial charge in [0.15, 0.2) is 0 Å². The van der Waals surface area contributed by atoms with Gasteiger partial charge in [-0.25, -0.2) is 0 Å². The summed E-state index contributed by atoms with van der Waals surface area (Å²) in [4.78, 5) is 25.2. The Kier molecular flexibility index (Phi) is 4.49. The molecule has 160 valence electrons. The minimum absolute atomic E-state index is 0.0372. The van der Waals surface area contributed by atoms with Gasteiger partial charge in [0, 0.05) is 17.4 Å². The standard InChI is InChI=1S/C25H33N3O2/c1-24-13-11-17-15(7-10-21-25(17,2)14-12-22(29)28-21)16(24)8-9-18(24)23(30)27-20-6-4-3-5-19(20)26/h3-6,12,14-18,21H,7-11,13,26H2,1-2H3,(H,27,30)(H,28,29)/t15-,16-,17-,18+,21+,24-,25+/m0/s1. The Bertz CT molecular complexity index is 911. The summed E-state index contributed by atoms with van der Waals surface area (Å²) in [6, 6.07) is 7.76. The van der Waals surface area contributed by atoms with Crippen molar-refractivity contribution in [1.29, 1.82) is 0 Å². The normalized spacial score (nSPS) is 41.9.